The molecule has 13 heteroatoms. The summed E-state index contributed by atoms with van der Waals surface area (Å²) in [5, 5.41) is 11.3. The normalized spacial score (nSPS) is 11.9. The molecule has 0 spiro atoms. The second kappa shape index (κ2) is 11.4. The highest BCUT2D eigenvalue weighted by molar-refractivity contribution is 7.99. The average Bonchev–Trinajstić information content (AvgIpc) is 3.28. The topological polar surface area (TPSA) is 107 Å². The number of aromatic nitrogens is 3. The lowest BCUT2D eigenvalue weighted by atomic mass is 10.2. The Morgan fingerprint density at radius 3 is 2.49 bits per heavy atom. The van der Waals surface area contributed by atoms with Crippen LogP contribution in [0.5, 0.6) is 5.75 Å². The fourth-order valence-electron chi connectivity index (χ4n) is 3.63. The van der Waals surface area contributed by atoms with Crippen LogP contribution in [0.25, 0.3) is 16.4 Å². The number of rotatable bonds is 8. The van der Waals surface area contributed by atoms with E-state index in [0.29, 0.717) is 23.1 Å². The van der Waals surface area contributed by atoms with Gasteiger partial charge >= 0.3 is 12.5 Å². The van der Waals surface area contributed by atoms with Gasteiger partial charge in [0.05, 0.1) is 28.8 Å². The highest BCUT2D eigenvalue weighted by atomic mass is 32.2. The number of hydrogen-bond donors (Lipinski definition) is 2. The number of thioether (sulfide) groups is 1. The number of hydrogen-bond acceptors (Lipinski definition) is 7. The van der Waals surface area contributed by atoms with Crippen LogP contribution in [0.3, 0.4) is 0 Å². The molecule has 0 saturated carbocycles. The van der Waals surface area contributed by atoms with Gasteiger partial charge in [-0.25, -0.2) is 14.3 Å². The van der Waals surface area contributed by atoms with Gasteiger partial charge in [0.2, 0.25) is 0 Å². The van der Waals surface area contributed by atoms with E-state index in [-0.39, 0.29) is 12.1 Å². The number of carbonyl (C=O) groups is 2. The summed E-state index contributed by atoms with van der Waals surface area (Å²) in [4.78, 5) is 29.3. The van der Waals surface area contributed by atoms with Gasteiger partial charge in [0.25, 0.3) is 5.91 Å². The molecule has 9 nitrogen and oxygen atoms in total. The second-order valence-electron chi connectivity index (χ2n) is 9.35. The standard InChI is InChI=1S/C26H26F3N5O4S/c1-25(2,3)38-24(36)30-12-13-39-23-32-19-10-6-4-8-17(19)20-14-16(33-34(20)23)15-31-22(35)18-9-5-7-11-21(18)37-26(27,28)29/h4-11,14H,12-13,15H2,1-3H3,(H,30,36)(H,31,35). The molecule has 206 valence electrons. The van der Waals surface area contributed by atoms with Crippen LogP contribution in [0, 0.1) is 0 Å². The van der Waals surface area contributed by atoms with Crippen LogP contribution in [0.4, 0.5) is 18.0 Å². The molecule has 0 fully saturated rings. The summed E-state index contributed by atoms with van der Waals surface area (Å²) in [6.07, 6.45) is -5.44. The van der Waals surface area contributed by atoms with Crippen molar-refractivity contribution in [3.05, 3.63) is 65.9 Å². The van der Waals surface area contributed by atoms with Gasteiger partial charge in [-0.15, -0.1) is 13.2 Å². The Labute approximate surface area is 226 Å². The van der Waals surface area contributed by atoms with E-state index in [1.165, 1.54) is 30.0 Å². The van der Waals surface area contributed by atoms with Crippen molar-refractivity contribution in [1.29, 1.82) is 0 Å². The molecule has 2 heterocycles. The molecule has 2 aromatic carbocycles. The molecule has 39 heavy (non-hydrogen) atoms. The lowest BCUT2D eigenvalue weighted by Crippen LogP contribution is -2.33. The van der Waals surface area contributed by atoms with Crippen molar-refractivity contribution in [3.63, 3.8) is 0 Å². The summed E-state index contributed by atoms with van der Waals surface area (Å²) >= 11 is 1.38. The molecule has 0 aliphatic heterocycles. The van der Waals surface area contributed by atoms with E-state index < -0.39 is 29.7 Å². The van der Waals surface area contributed by atoms with E-state index in [1.807, 2.05) is 24.3 Å². The smallest absolute Gasteiger partial charge is 0.444 e. The molecule has 0 radical (unpaired) electrons. The Morgan fingerprint density at radius 1 is 1.03 bits per heavy atom. The minimum absolute atomic E-state index is 0.0422. The minimum Gasteiger partial charge on any atom is -0.444 e. The maximum atomic E-state index is 12.7. The van der Waals surface area contributed by atoms with Crippen LogP contribution in [0.1, 0.15) is 36.8 Å². The largest absolute Gasteiger partial charge is 0.573 e. The van der Waals surface area contributed by atoms with Crippen LogP contribution in [-0.2, 0) is 11.3 Å². The minimum atomic E-state index is -4.93. The van der Waals surface area contributed by atoms with Gasteiger partial charge in [-0.05, 0) is 45.0 Å². The summed E-state index contributed by atoms with van der Waals surface area (Å²) in [7, 11) is 0. The molecule has 0 unspecified atom stereocenters. The van der Waals surface area contributed by atoms with E-state index in [1.54, 1.807) is 31.4 Å². The fraction of sp³-hybridized carbons (Fsp3) is 0.308. The fourth-order valence-corrected chi connectivity index (χ4v) is 4.44. The van der Waals surface area contributed by atoms with Crippen molar-refractivity contribution in [2.45, 2.75) is 44.4 Å². The number of fused-ring (bicyclic) bond motifs is 3. The summed E-state index contributed by atoms with van der Waals surface area (Å²) in [5.41, 5.74) is 1.11. The Bertz CT molecular complexity index is 1500. The molecule has 4 aromatic rings. The van der Waals surface area contributed by atoms with E-state index >= 15 is 0 Å². The van der Waals surface area contributed by atoms with Crippen LogP contribution >= 0.6 is 11.8 Å². The number of nitrogens with zero attached hydrogens (tertiary/aromatic N) is 3. The molecule has 0 bridgehead atoms. The predicted molar refractivity (Wildman–Crippen MR) is 140 cm³/mol. The average molecular weight is 562 g/mol. The molecule has 2 aromatic heterocycles. The quantitative estimate of drug-likeness (QED) is 0.170. The number of amides is 2. The van der Waals surface area contributed by atoms with E-state index in [0.717, 1.165) is 22.5 Å². The zero-order valence-corrected chi connectivity index (χ0v) is 22.2. The lowest BCUT2D eigenvalue weighted by Gasteiger charge is -2.19. The first-order chi connectivity index (χ1) is 18.4. The van der Waals surface area contributed by atoms with Gasteiger partial charge < -0.3 is 20.1 Å². The third-order valence-corrected chi connectivity index (χ3v) is 6.06. The van der Waals surface area contributed by atoms with E-state index in [4.69, 9.17) is 9.72 Å². The number of alkyl halides is 3. The number of ether oxygens (including phenoxy) is 2. The van der Waals surface area contributed by atoms with Gasteiger partial charge in [-0.1, -0.05) is 42.1 Å². The number of alkyl carbamates (subject to hydrolysis) is 1. The number of nitrogens with one attached hydrogen (secondary N) is 2. The van der Waals surface area contributed by atoms with Gasteiger partial charge in [-0.2, -0.15) is 5.10 Å². The molecule has 0 aliphatic carbocycles. The monoisotopic (exact) mass is 561 g/mol. The number of para-hydroxylation sites is 2. The molecular formula is C26H26F3N5O4S. The van der Waals surface area contributed by atoms with Gasteiger partial charge in [0.1, 0.15) is 11.4 Å². The first-order valence-electron chi connectivity index (χ1n) is 11.9. The highest BCUT2D eigenvalue weighted by Crippen LogP contribution is 2.27. The first-order valence-corrected chi connectivity index (χ1v) is 12.9. The summed E-state index contributed by atoms with van der Waals surface area (Å²) < 4.78 is 49.1. The van der Waals surface area contributed by atoms with Crippen molar-refractivity contribution in [1.82, 2.24) is 25.2 Å². The number of halogens is 3. The van der Waals surface area contributed by atoms with E-state index in [9.17, 15) is 22.8 Å². The van der Waals surface area contributed by atoms with Crippen molar-refractivity contribution in [3.8, 4) is 5.75 Å². The highest BCUT2D eigenvalue weighted by Gasteiger charge is 2.32. The zero-order valence-electron chi connectivity index (χ0n) is 21.3. The molecule has 0 atom stereocenters. The predicted octanol–water partition coefficient (Wildman–Crippen LogP) is 5.33. The van der Waals surface area contributed by atoms with Gasteiger partial charge in [-0.3, -0.25) is 4.79 Å². The third-order valence-electron chi connectivity index (χ3n) is 5.13. The number of carbonyl (C=O) groups excluding carboxylic acids is 2. The van der Waals surface area contributed by atoms with Crippen LogP contribution in [-0.4, -0.2) is 50.9 Å². The molecule has 0 aliphatic rings. The maximum Gasteiger partial charge on any atom is 0.573 e. The van der Waals surface area contributed by atoms with Crippen LogP contribution < -0.4 is 15.4 Å². The van der Waals surface area contributed by atoms with Crippen molar-refractivity contribution in [2.75, 3.05) is 12.3 Å². The van der Waals surface area contributed by atoms with E-state index in [2.05, 4.69) is 20.5 Å². The maximum absolute atomic E-state index is 12.7. The second-order valence-corrected chi connectivity index (χ2v) is 10.4. The summed E-state index contributed by atoms with van der Waals surface area (Å²) in [6.45, 7) is 5.64. The summed E-state index contributed by atoms with van der Waals surface area (Å²) in [6, 6.07) is 14.4. The van der Waals surface area contributed by atoms with Crippen molar-refractivity contribution in [2.24, 2.45) is 0 Å². The lowest BCUT2D eigenvalue weighted by molar-refractivity contribution is -0.274. The Kier molecular flexibility index (Phi) is 8.19. The summed E-state index contributed by atoms with van der Waals surface area (Å²) in [5.74, 6) is -0.842. The SMILES string of the molecule is CC(C)(C)OC(=O)NCCSc1nc2ccccc2c2cc(CNC(=O)c3ccccc3OC(F)(F)F)nn12. The zero-order chi connectivity index (χ0) is 28.2. The van der Waals surface area contributed by atoms with Crippen LogP contribution in [0.2, 0.25) is 0 Å². The Hall–Kier alpha value is -4.00. The van der Waals surface area contributed by atoms with Crippen LogP contribution in [0.15, 0.2) is 59.8 Å². The molecule has 2 amide bonds. The number of benzene rings is 2. The third kappa shape index (κ3) is 7.53. The molecule has 4 rings (SSSR count). The van der Waals surface area contributed by atoms with Crippen molar-refractivity contribution >= 4 is 40.2 Å². The first kappa shape index (κ1) is 28.0. The van der Waals surface area contributed by atoms with Gasteiger partial charge in [0.15, 0.2) is 5.16 Å². The van der Waals surface area contributed by atoms with Crippen molar-refractivity contribution < 1.29 is 32.2 Å². The van der Waals surface area contributed by atoms with Gasteiger partial charge in [0, 0.05) is 17.7 Å². The Balaban J connectivity index is 1.50. The molecular weight excluding hydrogens is 535 g/mol. The molecule has 2 N–H and O–H groups in total. The molecule has 0 saturated heterocycles. The Morgan fingerprint density at radius 2 is 1.74 bits per heavy atom.